The van der Waals surface area contributed by atoms with E-state index in [4.69, 9.17) is 15.0 Å². The number of rotatable bonds is 5. The summed E-state index contributed by atoms with van der Waals surface area (Å²) in [5.74, 6) is 1.97. The second kappa shape index (κ2) is 12.7. The van der Waals surface area contributed by atoms with E-state index >= 15 is 0 Å². The summed E-state index contributed by atoms with van der Waals surface area (Å²) in [5, 5.41) is 2.60. The average Bonchev–Trinajstić information content (AvgIpc) is 3.72. The molecular weight excluding hydrogens is 669 g/mol. The van der Waals surface area contributed by atoms with Gasteiger partial charge in [0, 0.05) is 38.6 Å². The summed E-state index contributed by atoms with van der Waals surface area (Å²) in [6.07, 6.45) is 6.34. The van der Waals surface area contributed by atoms with Crippen molar-refractivity contribution in [2.45, 2.75) is 37.5 Å². The molecule has 0 bridgehead atoms. The van der Waals surface area contributed by atoms with Crippen LogP contribution in [0.25, 0.3) is 83.9 Å². The summed E-state index contributed by atoms with van der Waals surface area (Å²) in [6, 6.07) is 61.0. The molecule has 11 rings (SSSR count). The van der Waals surface area contributed by atoms with Gasteiger partial charge in [-0.15, -0.1) is 0 Å². The molecule has 1 fully saturated rings. The van der Waals surface area contributed by atoms with Crippen molar-refractivity contribution < 1.29 is 0 Å². The third kappa shape index (κ3) is 5.16. The first-order valence-electron chi connectivity index (χ1n) is 19.5. The number of fused-ring (bicyclic) bond motifs is 8. The molecule has 0 radical (unpaired) electrons. The van der Waals surface area contributed by atoms with Gasteiger partial charge in [-0.25, -0.2) is 15.0 Å². The maximum absolute atomic E-state index is 5.02. The van der Waals surface area contributed by atoms with Crippen LogP contribution in [0.15, 0.2) is 170 Å². The molecule has 2 aliphatic carbocycles. The normalized spacial score (nSPS) is 14.3. The summed E-state index contributed by atoms with van der Waals surface area (Å²) in [4.78, 5) is 15.0. The minimum Gasteiger partial charge on any atom is -0.309 e. The van der Waals surface area contributed by atoms with Crippen molar-refractivity contribution in [2.24, 2.45) is 0 Å². The van der Waals surface area contributed by atoms with Gasteiger partial charge in [-0.1, -0.05) is 153 Å². The first kappa shape index (κ1) is 31.8. The molecule has 2 heterocycles. The van der Waals surface area contributed by atoms with Crippen LogP contribution in [0.4, 0.5) is 0 Å². The van der Waals surface area contributed by atoms with Crippen LogP contribution in [-0.4, -0.2) is 19.5 Å². The predicted octanol–water partition coefficient (Wildman–Crippen LogP) is 12.9. The molecule has 4 heteroatoms. The van der Waals surface area contributed by atoms with Crippen LogP contribution in [0.1, 0.15) is 43.2 Å². The minimum absolute atomic E-state index is 0.107. The number of hydrogen-bond acceptors (Lipinski definition) is 3. The molecule has 7 aromatic carbocycles. The fourth-order valence-corrected chi connectivity index (χ4v) is 9.47. The first-order chi connectivity index (χ1) is 27.2. The number of nitrogens with zero attached hydrogens (tertiary/aromatic N) is 4. The predicted molar refractivity (Wildman–Crippen MR) is 225 cm³/mol. The van der Waals surface area contributed by atoms with E-state index in [2.05, 4.69) is 114 Å². The lowest BCUT2D eigenvalue weighted by atomic mass is 9.68. The number of hydrogen-bond donors (Lipinski definition) is 0. The molecule has 9 aromatic rings. The summed E-state index contributed by atoms with van der Waals surface area (Å²) in [7, 11) is 0. The third-order valence-corrected chi connectivity index (χ3v) is 12.0. The van der Waals surface area contributed by atoms with Gasteiger partial charge in [-0.05, 0) is 82.6 Å². The van der Waals surface area contributed by atoms with E-state index in [1.54, 1.807) is 0 Å². The smallest absolute Gasteiger partial charge is 0.164 e. The third-order valence-electron chi connectivity index (χ3n) is 12.0. The van der Waals surface area contributed by atoms with Gasteiger partial charge in [-0.2, -0.15) is 0 Å². The molecule has 2 aromatic heterocycles. The molecule has 4 nitrogen and oxygen atoms in total. The molecule has 0 aliphatic heterocycles. The number of para-hydroxylation sites is 1. The molecule has 1 saturated carbocycles. The van der Waals surface area contributed by atoms with E-state index in [1.165, 1.54) is 81.9 Å². The molecule has 0 N–H and O–H groups in total. The van der Waals surface area contributed by atoms with Crippen molar-refractivity contribution in [2.75, 3.05) is 0 Å². The maximum Gasteiger partial charge on any atom is 0.164 e. The Morgan fingerprint density at radius 2 is 0.945 bits per heavy atom. The van der Waals surface area contributed by atoms with Gasteiger partial charge in [0.15, 0.2) is 17.5 Å². The van der Waals surface area contributed by atoms with Crippen LogP contribution in [0, 0.1) is 0 Å². The summed E-state index contributed by atoms with van der Waals surface area (Å²) >= 11 is 0. The van der Waals surface area contributed by atoms with Crippen LogP contribution in [0.5, 0.6) is 0 Å². The zero-order chi connectivity index (χ0) is 36.3. The summed E-state index contributed by atoms with van der Waals surface area (Å²) in [5.41, 5.74) is 14.7. The Bertz CT molecular complexity index is 2830. The molecule has 0 amide bonds. The zero-order valence-corrected chi connectivity index (χ0v) is 30.5. The van der Waals surface area contributed by atoms with Gasteiger partial charge < -0.3 is 4.57 Å². The lowest BCUT2D eigenvalue weighted by Gasteiger charge is -2.36. The average molecular weight is 707 g/mol. The topological polar surface area (TPSA) is 43.6 Å². The Balaban J connectivity index is 1.09. The lowest BCUT2D eigenvalue weighted by molar-refractivity contribution is 0.353. The fourth-order valence-electron chi connectivity index (χ4n) is 9.47. The fraction of sp³-hybridized carbons (Fsp3) is 0.118. The second-order valence-corrected chi connectivity index (χ2v) is 15.1. The summed E-state index contributed by atoms with van der Waals surface area (Å²) in [6.45, 7) is 0. The van der Waals surface area contributed by atoms with E-state index in [9.17, 15) is 0 Å². The van der Waals surface area contributed by atoms with E-state index in [0.717, 1.165) is 27.8 Å². The van der Waals surface area contributed by atoms with Crippen LogP contribution in [0.3, 0.4) is 0 Å². The van der Waals surface area contributed by atoms with Gasteiger partial charge >= 0.3 is 0 Å². The van der Waals surface area contributed by atoms with E-state index in [-0.39, 0.29) is 5.41 Å². The Kier molecular flexibility index (Phi) is 7.38. The molecule has 0 atom stereocenters. The molecule has 262 valence electrons. The van der Waals surface area contributed by atoms with Gasteiger partial charge in [0.2, 0.25) is 0 Å². The monoisotopic (exact) mass is 706 g/mol. The molecule has 0 saturated heterocycles. The lowest BCUT2D eigenvalue weighted by Crippen LogP contribution is -2.27. The molecule has 1 spiro atoms. The van der Waals surface area contributed by atoms with Crippen LogP contribution in [-0.2, 0) is 5.41 Å². The van der Waals surface area contributed by atoms with Crippen LogP contribution < -0.4 is 0 Å². The molecule has 55 heavy (non-hydrogen) atoms. The SMILES string of the molecule is c1ccc(-c2nc(-c3ccccc3)nc(-c3cccc(-c4ccc5c6cc7c(cc6n(-c6ccccc6)c5c4)-c4ccccc4C74CCCCC4)c3)n2)cc1. The van der Waals surface area contributed by atoms with Gasteiger partial charge in [-0.3, -0.25) is 0 Å². The Morgan fingerprint density at radius 1 is 0.382 bits per heavy atom. The van der Waals surface area contributed by atoms with Crippen molar-refractivity contribution in [3.05, 3.63) is 181 Å². The summed E-state index contributed by atoms with van der Waals surface area (Å²) < 4.78 is 2.47. The van der Waals surface area contributed by atoms with Crippen molar-refractivity contribution in [3.63, 3.8) is 0 Å². The van der Waals surface area contributed by atoms with E-state index in [1.807, 2.05) is 60.7 Å². The highest BCUT2D eigenvalue weighted by atomic mass is 15.0. The van der Waals surface area contributed by atoms with Crippen molar-refractivity contribution in [1.29, 1.82) is 0 Å². The molecule has 0 unspecified atom stereocenters. The van der Waals surface area contributed by atoms with E-state index in [0.29, 0.717) is 17.5 Å². The minimum atomic E-state index is 0.107. The highest BCUT2D eigenvalue weighted by molar-refractivity contribution is 6.12. The van der Waals surface area contributed by atoms with Gasteiger partial charge in [0.1, 0.15) is 0 Å². The van der Waals surface area contributed by atoms with E-state index < -0.39 is 0 Å². The Labute approximate surface area is 320 Å². The largest absolute Gasteiger partial charge is 0.309 e. The molecule has 2 aliphatic rings. The quantitative estimate of drug-likeness (QED) is 0.179. The number of benzene rings is 7. The highest BCUT2D eigenvalue weighted by Gasteiger charge is 2.44. The van der Waals surface area contributed by atoms with Crippen molar-refractivity contribution in [1.82, 2.24) is 19.5 Å². The van der Waals surface area contributed by atoms with Crippen LogP contribution >= 0.6 is 0 Å². The standard InChI is InChI=1S/C51H38N4/c1-5-16-34(17-6-1)48-52-49(35-18-7-2-8-19-35)54-50(53-48)38-21-15-20-36(30-38)37-26-27-41-43-32-45-42(33-47(43)55(46(41)31-37)39-22-9-3-10-23-39)40-24-11-12-25-44(40)51(45)28-13-4-14-29-51/h1-3,5-12,15-27,30-33H,4,13-14,28-29H2. The molecular formula is C51H38N4. The second-order valence-electron chi connectivity index (χ2n) is 15.1. The zero-order valence-electron chi connectivity index (χ0n) is 30.5. The Morgan fingerprint density at radius 3 is 1.65 bits per heavy atom. The van der Waals surface area contributed by atoms with Crippen molar-refractivity contribution >= 4 is 21.8 Å². The van der Waals surface area contributed by atoms with Gasteiger partial charge in [0.25, 0.3) is 0 Å². The van der Waals surface area contributed by atoms with Crippen molar-refractivity contribution in [3.8, 4) is 62.1 Å². The van der Waals surface area contributed by atoms with Gasteiger partial charge in [0.05, 0.1) is 11.0 Å². The number of aromatic nitrogens is 4. The first-order valence-corrected chi connectivity index (χ1v) is 19.5. The highest BCUT2D eigenvalue weighted by Crippen LogP contribution is 2.57. The Hall–Kier alpha value is -6.65. The maximum atomic E-state index is 5.02. The van der Waals surface area contributed by atoms with Crippen LogP contribution in [0.2, 0.25) is 0 Å².